The van der Waals surface area contributed by atoms with Gasteiger partial charge < -0.3 is 13.3 Å². The maximum Gasteiger partial charge on any atom is 0.806 e. The predicted octanol–water partition coefficient (Wildman–Crippen LogP) is 3.59. The highest BCUT2D eigenvalue weighted by Crippen LogP contribution is 2.39. The van der Waals surface area contributed by atoms with Crippen LogP contribution in [0.3, 0.4) is 0 Å². The largest absolute Gasteiger partial charge is 0.806 e. The Balaban J connectivity index is 3.63. The van der Waals surface area contributed by atoms with Gasteiger partial charge in [0.05, 0.1) is 0 Å². The number of carbonyl (C=O) groups is 3. The molecule has 0 aliphatic heterocycles. The van der Waals surface area contributed by atoms with E-state index in [9.17, 15) is 27.6 Å². The van der Waals surface area contributed by atoms with Gasteiger partial charge in [-0.3, -0.25) is 14.4 Å². The van der Waals surface area contributed by atoms with E-state index in [0.29, 0.717) is 12.1 Å². The van der Waals surface area contributed by atoms with Crippen molar-refractivity contribution in [3.05, 3.63) is 29.8 Å². The summed E-state index contributed by atoms with van der Waals surface area (Å²) in [5.41, 5.74) is -6.78. The SMILES string of the molecule is CCC(=O)O[Si](OC(=O)CC)(OC(=O)CC)C(F)(F)N(F)c1cccc(F)c1F. The Hall–Kier alpha value is -2.70. The lowest BCUT2D eigenvalue weighted by atomic mass is 10.3. The zero-order valence-electron chi connectivity index (χ0n) is 15.6. The first-order valence-corrected chi connectivity index (χ1v) is 10.1. The molecule has 0 unspecified atom stereocenters. The molecule has 0 saturated heterocycles. The van der Waals surface area contributed by atoms with Gasteiger partial charge >= 0.3 is 14.5 Å². The molecule has 162 valence electrons. The van der Waals surface area contributed by atoms with Crippen molar-refractivity contribution in [2.75, 3.05) is 5.12 Å². The molecule has 0 atom stereocenters. The van der Waals surface area contributed by atoms with E-state index < -0.39 is 74.1 Å². The number of rotatable bonds is 9. The van der Waals surface area contributed by atoms with Crippen molar-refractivity contribution in [3.8, 4) is 0 Å². The van der Waals surface area contributed by atoms with Gasteiger partial charge in [0.2, 0.25) is 0 Å². The van der Waals surface area contributed by atoms with E-state index in [1.807, 2.05) is 0 Å². The summed E-state index contributed by atoms with van der Waals surface area (Å²) < 4.78 is 85.5. The Morgan fingerprint density at radius 2 is 1.34 bits per heavy atom. The van der Waals surface area contributed by atoms with E-state index in [1.54, 1.807) is 0 Å². The first kappa shape index (κ1) is 24.3. The van der Waals surface area contributed by atoms with Crippen LogP contribution in [-0.4, -0.2) is 32.4 Å². The molecular formula is C16H18F5NO6Si. The molecule has 0 spiro atoms. The third-order valence-electron chi connectivity index (χ3n) is 3.37. The average molecular weight is 443 g/mol. The Labute approximate surface area is 163 Å². The third kappa shape index (κ3) is 5.22. The van der Waals surface area contributed by atoms with Gasteiger partial charge in [-0.2, -0.15) is 8.78 Å². The van der Waals surface area contributed by atoms with Gasteiger partial charge in [-0.25, -0.2) is 8.78 Å². The lowest BCUT2D eigenvalue weighted by Crippen LogP contribution is -2.68. The van der Waals surface area contributed by atoms with E-state index >= 15 is 8.78 Å². The zero-order chi connectivity index (χ0) is 22.4. The summed E-state index contributed by atoms with van der Waals surface area (Å²) in [6, 6.07) is 1.73. The van der Waals surface area contributed by atoms with Gasteiger partial charge in [-0.15, -0.1) is 5.12 Å². The molecule has 0 fully saturated rings. The van der Waals surface area contributed by atoms with E-state index in [4.69, 9.17) is 0 Å². The monoisotopic (exact) mass is 443 g/mol. The second-order valence-corrected chi connectivity index (χ2v) is 7.76. The summed E-state index contributed by atoms with van der Waals surface area (Å²) in [6.07, 6.45) is -1.59. The van der Waals surface area contributed by atoms with Crippen LogP contribution in [-0.2, 0) is 27.7 Å². The maximum absolute atomic E-state index is 15.1. The molecule has 1 aromatic rings. The van der Waals surface area contributed by atoms with Crippen LogP contribution in [0.2, 0.25) is 0 Å². The Morgan fingerprint density at radius 3 is 1.72 bits per heavy atom. The fourth-order valence-corrected chi connectivity index (χ4v) is 4.01. The van der Waals surface area contributed by atoms with Crippen LogP contribution >= 0.6 is 0 Å². The minimum Gasteiger partial charge on any atom is -0.451 e. The van der Waals surface area contributed by atoms with Crippen LogP contribution < -0.4 is 5.12 Å². The first-order chi connectivity index (χ1) is 13.5. The summed E-state index contributed by atoms with van der Waals surface area (Å²) in [7, 11) is -6.18. The van der Waals surface area contributed by atoms with Crippen molar-refractivity contribution in [3.63, 3.8) is 0 Å². The van der Waals surface area contributed by atoms with Gasteiger partial charge in [-0.05, 0) is 12.1 Å². The van der Waals surface area contributed by atoms with Gasteiger partial charge in [0, 0.05) is 19.3 Å². The van der Waals surface area contributed by atoms with Crippen LogP contribution in [0.15, 0.2) is 18.2 Å². The number of hydrogen-bond donors (Lipinski definition) is 0. The Kier molecular flexibility index (Phi) is 8.11. The summed E-state index contributed by atoms with van der Waals surface area (Å²) in [5.74, 6) is -7.87. The highest BCUT2D eigenvalue weighted by molar-refractivity contribution is 6.68. The molecule has 13 heteroatoms. The van der Waals surface area contributed by atoms with Crippen LogP contribution in [0, 0.1) is 11.6 Å². The zero-order valence-corrected chi connectivity index (χ0v) is 16.6. The second-order valence-electron chi connectivity index (χ2n) is 5.43. The summed E-state index contributed by atoms with van der Waals surface area (Å²) in [6.45, 7) is 3.55. The second kappa shape index (κ2) is 9.67. The fraction of sp³-hybridized carbons (Fsp3) is 0.438. The molecule has 7 nitrogen and oxygen atoms in total. The molecule has 0 amide bonds. The van der Waals surface area contributed by atoms with Gasteiger partial charge in [0.15, 0.2) is 11.6 Å². The molecule has 0 saturated carbocycles. The van der Waals surface area contributed by atoms with Crippen LogP contribution in [0.25, 0.3) is 0 Å². The van der Waals surface area contributed by atoms with E-state index in [1.165, 1.54) is 20.8 Å². The summed E-state index contributed by atoms with van der Waals surface area (Å²) >= 11 is 0. The van der Waals surface area contributed by atoms with Crippen molar-refractivity contribution in [1.82, 2.24) is 0 Å². The topological polar surface area (TPSA) is 82.1 Å². The van der Waals surface area contributed by atoms with E-state index in [0.717, 1.165) is 6.07 Å². The van der Waals surface area contributed by atoms with Crippen LogP contribution in [0.4, 0.5) is 27.7 Å². The quantitative estimate of drug-likeness (QED) is 0.250. The van der Waals surface area contributed by atoms with Crippen molar-refractivity contribution in [1.29, 1.82) is 0 Å². The standard InChI is InChI=1S/C16H18F5NO6Si/c1-4-12(23)26-29(27-13(24)5-2,28-14(25)6-3)16(19,20)22(21)11-9-7-8-10(17)15(11)18/h7-9H,4-6H2,1-3H3. The van der Waals surface area contributed by atoms with Gasteiger partial charge in [0.1, 0.15) is 5.69 Å². The van der Waals surface area contributed by atoms with Crippen molar-refractivity contribution in [2.24, 2.45) is 0 Å². The lowest BCUT2D eigenvalue weighted by molar-refractivity contribution is -0.160. The molecule has 0 aromatic heterocycles. The number of alkyl halides is 2. The first-order valence-electron chi connectivity index (χ1n) is 8.39. The third-order valence-corrected chi connectivity index (χ3v) is 5.79. The average Bonchev–Trinajstić information content (AvgIpc) is 2.68. The highest BCUT2D eigenvalue weighted by Gasteiger charge is 2.79. The molecule has 0 bridgehead atoms. The number of carbonyl (C=O) groups excluding carboxylic acids is 3. The van der Waals surface area contributed by atoms with Gasteiger partial charge in [0.25, 0.3) is 17.9 Å². The van der Waals surface area contributed by atoms with Gasteiger partial charge in [-0.1, -0.05) is 31.3 Å². The molecule has 0 heterocycles. The summed E-state index contributed by atoms with van der Waals surface area (Å²) in [4.78, 5) is 35.1. The molecule has 1 aromatic carbocycles. The van der Waals surface area contributed by atoms with Crippen LogP contribution in [0.5, 0.6) is 0 Å². The minimum absolute atomic E-state index is 0.455. The smallest absolute Gasteiger partial charge is 0.451 e. The van der Waals surface area contributed by atoms with Crippen molar-refractivity contribution < 1.29 is 49.7 Å². The Bertz CT molecular complexity index is 733. The molecular weight excluding hydrogens is 425 g/mol. The van der Waals surface area contributed by atoms with Crippen molar-refractivity contribution in [2.45, 2.75) is 45.7 Å². The fourth-order valence-electron chi connectivity index (χ4n) is 1.83. The Morgan fingerprint density at radius 1 is 0.931 bits per heavy atom. The maximum atomic E-state index is 15.1. The minimum atomic E-state index is -6.18. The molecule has 0 aliphatic rings. The number of halogens is 5. The van der Waals surface area contributed by atoms with E-state index in [2.05, 4.69) is 13.3 Å². The molecule has 0 aliphatic carbocycles. The molecule has 0 N–H and O–H groups in total. The van der Waals surface area contributed by atoms with Crippen LogP contribution in [0.1, 0.15) is 40.0 Å². The summed E-state index contributed by atoms with van der Waals surface area (Å²) in [5, 5.41) is -1.59. The molecule has 1 rings (SSSR count). The lowest BCUT2D eigenvalue weighted by Gasteiger charge is -2.35. The van der Waals surface area contributed by atoms with E-state index in [-0.39, 0.29) is 0 Å². The van der Waals surface area contributed by atoms with Crippen molar-refractivity contribution >= 4 is 32.4 Å². The molecule has 0 radical (unpaired) electrons. The molecule has 29 heavy (non-hydrogen) atoms. The number of anilines is 1. The predicted molar refractivity (Wildman–Crippen MR) is 89.8 cm³/mol. The number of benzene rings is 1. The number of nitrogens with zero attached hydrogens (tertiary/aromatic N) is 1. The number of hydrogen-bond acceptors (Lipinski definition) is 7. The normalized spacial score (nSPS) is 11.6. The highest BCUT2D eigenvalue weighted by atomic mass is 28.4.